The van der Waals surface area contributed by atoms with Crippen molar-refractivity contribution in [2.45, 2.75) is 6.92 Å². The van der Waals surface area contributed by atoms with Crippen LogP contribution in [0.3, 0.4) is 0 Å². The highest BCUT2D eigenvalue weighted by molar-refractivity contribution is 6.31. The number of hydrogen-bond donors (Lipinski definition) is 1. The molecule has 3 aromatic rings. The number of nitrogens with one attached hydrogen (secondary N) is 1. The summed E-state index contributed by atoms with van der Waals surface area (Å²) >= 11 is 5.88. The van der Waals surface area contributed by atoms with Crippen molar-refractivity contribution in [2.75, 3.05) is 4.90 Å². The van der Waals surface area contributed by atoms with Crippen LogP contribution in [0.25, 0.3) is 11.8 Å². The molecule has 0 atom stereocenters. The zero-order valence-electron chi connectivity index (χ0n) is 14.5. The van der Waals surface area contributed by atoms with Crippen molar-refractivity contribution >= 4 is 35.3 Å². The van der Waals surface area contributed by atoms with Crippen LogP contribution in [0.5, 0.6) is 0 Å². The van der Waals surface area contributed by atoms with Gasteiger partial charge in [-0.1, -0.05) is 23.7 Å². The van der Waals surface area contributed by atoms with Crippen molar-refractivity contribution in [3.8, 4) is 5.69 Å². The summed E-state index contributed by atoms with van der Waals surface area (Å²) in [5.41, 5.74) is 3.61. The summed E-state index contributed by atoms with van der Waals surface area (Å²) < 4.78 is 1.96. The molecule has 134 valence electrons. The Morgan fingerprint density at radius 3 is 2.48 bits per heavy atom. The third kappa shape index (κ3) is 3.25. The molecule has 2 heterocycles. The molecule has 27 heavy (non-hydrogen) atoms. The van der Waals surface area contributed by atoms with E-state index in [0.717, 1.165) is 21.8 Å². The first-order valence-electron chi connectivity index (χ1n) is 8.40. The largest absolute Gasteiger partial charge is 0.333 e. The number of carbonyl (C=O) groups is 2. The fourth-order valence-corrected chi connectivity index (χ4v) is 3.16. The van der Waals surface area contributed by atoms with Crippen molar-refractivity contribution in [1.29, 1.82) is 0 Å². The van der Waals surface area contributed by atoms with E-state index in [0.29, 0.717) is 10.7 Å². The molecule has 1 N–H and O–H groups in total. The first kappa shape index (κ1) is 17.1. The maximum Gasteiger partial charge on any atom is 0.333 e. The smallest absolute Gasteiger partial charge is 0.317 e. The molecule has 0 bridgehead atoms. The Hall–Kier alpha value is -3.31. The number of rotatable bonds is 3. The molecule has 3 amide bonds. The van der Waals surface area contributed by atoms with E-state index in [4.69, 9.17) is 11.6 Å². The van der Waals surface area contributed by atoms with E-state index in [9.17, 15) is 9.59 Å². The molecule has 0 spiro atoms. The Morgan fingerprint density at radius 2 is 1.74 bits per heavy atom. The van der Waals surface area contributed by atoms with Gasteiger partial charge >= 0.3 is 6.03 Å². The third-order valence-corrected chi connectivity index (χ3v) is 4.57. The second kappa shape index (κ2) is 6.78. The second-order valence-electron chi connectivity index (χ2n) is 6.25. The predicted molar refractivity (Wildman–Crippen MR) is 106 cm³/mol. The zero-order valence-corrected chi connectivity index (χ0v) is 15.3. The van der Waals surface area contributed by atoms with Gasteiger partial charge < -0.3 is 9.88 Å². The number of hydrogen-bond acceptors (Lipinski definition) is 2. The highest BCUT2D eigenvalue weighted by Crippen LogP contribution is 2.24. The summed E-state index contributed by atoms with van der Waals surface area (Å²) in [5.74, 6) is -0.403. The van der Waals surface area contributed by atoms with E-state index in [1.807, 2.05) is 48.0 Å². The molecular weight excluding hydrogens is 362 g/mol. The van der Waals surface area contributed by atoms with Crippen molar-refractivity contribution in [1.82, 2.24) is 9.88 Å². The summed E-state index contributed by atoms with van der Waals surface area (Å²) in [5, 5.41) is 3.19. The van der Waals surface area contributed by atoms with Crippen LogP contribution in [0, 0.1) is 6.92 Å². The van der Waals surface area contributed by atoms with E-state index in [1.54, 1.807) is 30.3 Å². The molecule has 1 fully saturated rings. The Balaban J connectivity index is 1.68. The summed E-state index contributed by atoms with van der Waals surface area (Å²) in [6, 6.07) is 17.9. The molecule has 0 saturated carbocycles. The molecule has 0 unspecified atom stereocenters. The lowest BCUT2D eigenvalue weighted by Gasteiger charge is -2.11. The highest BCUT2D eigenvalue weighted by Gasteiger charge is 2.35. The summed E-state index contributed by atoms with van der Waals surface area (Å²) in [4.78, 5) is 26.2. The normalized spacial score (nSPS) is 15.5. The topological polar surface area (TPSA) is 54.3 Å². The van der Waals surface area contributed by atoms with Gasteiger partial charge in [-0.05, 0) is 67.1 Å². The van der Waals surface area contributed by atoms with Crippen molar-refractivity contribution in [2.24, 2.45) is 0 Å². The molecule has 0 radical (unpaired) electrons. The number of aryl methyl sites for hydroxylation is 1. The Labute approximate surface area is 161 Å². The summed E-state index contributed by atoms with van der Waals surface area (Å²) in [6.45, 7) is 2.02. The van der Waals surface area contributed by atoms with Gasteiger partial charge in [0.15, 0.2) is 0 Å². The summed E-state index contributed by atoms with van der Waals surface area (Å²) in [6.07, 6.45) is 3.60. The van der Waals surface area contributed by atoms with Gasteiger partial charge in [0.05, 0.1) is 5.69 Å². The molecule has 1 saturated heterocycles. The number of nitrogens with zero attached hydrogens (tertiary/aromatic N) is 2. The minimum absolute atomic E-state index is 0.225. The first-order chi connectivity index (χ1) is 13.0. The van der Waals surface area contributed by atoms with Crippen molar-refractivity contribution in [3.05, 3.63) is 88.8 Å². The number of benzene rings is 2. The maximum absolute atomic E-state index is 12.8. The fraction of sp³-hybridized carbons (Fsp3) is 0.0476. The van der Waals surface area contributed by atoms with Crippen LogP contribution in [0.2, 0.25) is 5.02 Å². The van der Waals surface area contributed by atoms with Gasteiger partial charge in [0.2, 0.25) is 0 Å². The van der Waals surface area contributed by atoms with Crippen molar-refractivity contribution < 1.29 is 9.59 Å². The highest BCUT2D eigenvalue weighted by atomic mass is 35.5. The van der Waals surface area contributed by atoms with Gasteiger partial charge in [-0.15, -0.1) is 0 Å². The molecule has 0 aliphatic carbocycles. The van der Waals surface area contributed by atoms with Crippen LogP contribution >= 0.6 is 11.6 Å². The predicted octanol–water partition coefficient (Wildman–Crippen LogP) is 4.54. The van der Waals surface area contributed by atoms with Gasteiger partial charge in [0.25, 0.3) is 5.91 Å². The Kier molecular flexibility index (Phi) is 4.30. The summed E-state index contributed by atoms with van der Waals surface area (Å²) in [7, 11) is 0. The minimum Gasteiger partial charge on any atom is -0.317 e. The van der Waals surface area contributed by atoms with Gasteiger partial charge in [-0.25, -0.2) is 9.69 Å². The number of imide groups is 1. The van der Waals surface area contributed by atoms with Crippen LogP contribution in [0.4, 0.5) is 10.5 Å². The zero-order chi connectivity index (χ0) is 19.0. The molecule has 1 aliphatic heterocycles. The van der Waals surface area contributed by atoms with Gasteiger partial charge in [-0.3, -0.25) is 4.79 Å². The monoisotopic (exact) mass is 377 g/mol. The second-order valence-corrected chi connectivity index (χ2v) is 6.68. The van der Waals surface area contributed by atoms with E-state index in [-0.39, 0.29) is 5.70 Å². The SMILES string of the molecule is Cc1cccc(-n2cccc2/C=C2/NC(=O)N(c3ccc(Cl)cc3)C2=O)c1. The average molecular weight is 378 g/mol. The van der Waals surface area contributed by atoms with Crippen LogP contribution in [0.1, 0.15) is 11.3 Å². The van der Waals surface area contributed by atoms with Crippen LogP contribution in [0.15, 0.2) is 72.6 Å². The molecule has 5 nitrogen and oxygen atoms in total. The number of aromatic nitrogens is 1. The molecule has 1 aromatic heterocycles. The van der Waals surface area contributed by atoms with Gasteiger partial charge in [0, 0.05) is 22.6 Å². The lowest BCUT2D eigenvalue weighted by Crippen LogP contribution is -2.30. The van der Waals surface area contributed by atoms with E-state index in [2.05, 4.69) is 11.4 Å². The molecule has 1 aliphatic rings. The standard InChI is InChI=1S/C21H16ClN3O2/c1-14-4-2-5-17(12-14)24-11-3-6-18(24)13-19-20(26)25(21(27)23-19)16-9-7-15(22)8-10-16/h2-13H,1H3,(H,23,27)/b19-13+. The molecule has 4 rings (SSSR count). The molecular formula is C21H16ClN3O2. The minimum atomic E-state index is -0.484. The lowest BCUT2D eigenvalue weighted by atomic mass is 10.2. The molecule has 6 heteroatoms. The number of carbonyl (C=O) groups excluding carboxylic acids is 2. The number of halogens is 1. The van der Waals surface area contributed by atoms with Crippen LogP contribution in [-0.4, -0.2) is 16.5 Å². The first-order valence-corrected chi connectivity index (χ1v) is 8.78. The fourth-order valence-electron chi connectivity index (χ4n) is 3.03. The van der Waals surface area contributed by atoms with Gasteiger partial charge in [0.1, 0.15) is 5.70 Å². The third-order valence-electron chi connectivity index (χ3n) is 4.32. The molecule has 2 aromatic carbocycles. The van der Waals surface area contributed by atoms with E-state index in [1.165, 1.54) is 0 Å². The van der Waals surface area contributed by atoms with E-state index < -0.39 is 11.9 Å². The number of urea groups is 1. The average Bonchev–Trinajstić information content (AvgIpc) is 3.21. The Bertz CT molecular complexity index is 1070. The van der Waals surface area contributed by atoms with Gasteiger partial charge in [-0.2, -0.15) is 0 Å². The Morgan fingerprint density at radius 1 is 0.963 bits per heavy atom. The van der Waals surface area contributed by atoms with E-state index >= 15 is 0 Å². The number of anilines is 1. The van der Waals surface area contributed by atoms with Crippen LogP contribution < -0.4 is 10.2 Å². The van der Waals surface area contributed by atoms with Crippen LogP contribution in [-0.2, 0) is 4.79 Å². The lowest BCUT2D eigenvalue weighted by molar-refractivity contribution is -0.113. The van der Waals surface area contributed by atoms with Crippen molar-refractivity contribution in [3.63, 3.8) is 0 Å². The quantitative estimate of drug-likeness (QED) is 0.538. The number of amides is 3. The maximum atomic E-state index is 12.8.